The molecule has 0 aliphatic heterocycles. The lowest BCUT2D eigenvalue weighted by Crippen LogP contribution is -2.04. The van der Waals surface area contributed by atoms with E-state index in [0.717, 1.165) is 24.5 Å². The summed E-state index contributed by atoms with van der Waals surface area (Å²) in [6.07, 6.45) is 5.38. The van der Waals surface area contributed by atoms with Gasteiger partial charge in [0.2, 0.25) is 0 Å². The van der Waals surface area contributed by atoms with Crippen LogP contribution in [0.3, 0.4) is 0 Å². The second-order valence-corrected chi connectivity index (χ2v) is 5.17. The minimum atomic E-state index is 0.688. The number of thioether (sulfide) groups is 1. The quantitative estimate of drug-likeness (QED) is 0.441. The van der Waals surface area contributed by atoms with Crippen molar-refractivity contribution in [3.05, 3.63) is 23.3 Å². The Morgan fingerprint density at radius 2 is 2.38 bits per heavy atom. The van der Waals surface area contributed by atoms with Gasteiger partial charge in [-0.05, 0) is 24.4 Å². The number of H-pyrrole nitrogens is 1. The molecule has 0 unspecified atom stereocenters. The van der Waals surface area contributed by atoms with Crippen LogP contribution < -0.4 is 0 Å². The van der Waals surface area contributed by atoms with Crippen molar-refractivity contribution in [2.45, 2.75) is 32.7 Å². The highest BCUT2D eigenvalue weighted by molar-refractivity contribution is 7.99. The molecule has 0 aromatic carbocycles. The lowest BCUT2D eigenvalue weighted by molar-refractivity contribution is 0.742. The number of nitrogens with zero attached hydrogens (tertiary/aromatic N) is 2. The molecule has 1 heterocycles. The lowest BCUT2D eigenvalue weighted by atomic mass is 10.4. The van der Waals surface area contributed by atoms with Crippen LogP contribution in [0.15, 0.2) is 12.7 Å². The van der Waals surface area contributed by atoms with Crippen molar-refractivity contribution in [1.82, 2.24) is 14.8 Å². The number of aryl methyl sites for hydroxylation is 1. The molecule has 5 heteroatoms. The molecule has 0 saturated heterocycles. The van der Waals surface area contributed by atoms with Gasteiger partial charge in [0.05, 0.1) is 0 Å². The van der Waals surface area contributed by atoms with Gasteiger partial charge < -0.3 is 4.57 Å². The second-order valence-electron chi connectivity index (χ2n) is 3.56. The maximum Gasteiger partial charge on any atom is 0.195 e. The number of allylic oxidation sites excluding steroid dienone is 1. The molecular weight excluding hydrogens is 238 g/mol. The average Bonchev–Trinajstić information content (AvgIpc) is 2.62. The topological polar surface area (TPSA) is 33.6 Å². The van der Waals surface area contributed by atoms with Crippen molar-refractivity contribution in [2.75, 3.05) is 11.5 Å². The van der Waals surface area contributed by atoms with E-state index in [1.54, 1.807) is 0 Å². The monoisotopic (exact) mass is 257 g/mol. The summed E-state index contributed by atoms with van der Waals surface area (Å²) in [7, 11) is 0. The Morgan fingerprint density at radius 3 is 3.06 bits per heavy atom. The minimum absolute atomic E-state index is 0.688. The highest BCUT2D eigenvalue weighted by Crippen LogP contribution is 2.08. The van der Waals surface area contributed by atoms with Gasteiger partial charge in [-0.15, -0.1) is 6.58 Å². The molecule has 0 aliphatic carbocycles. The fourth-order valence-electron chi connectivity index (χ4n) is 1.37. The number of aromatic amines is 1. The van der Waals surface area contributed by atoms with Crippen LogP contribution in [0.5, 0.6) is 0 Å². The number of nitrogens with one attached hydrogen (secondary N) is 1. The van der Waals surface area contributed by atoms with Crippen LogP contribution in [0, 0.1) is 4.77 Å². The van der Waals surface area contributed by atoms with Gasteiger partial charge in [-0.3, -0.25) is 5.10 Å². The molecule has 3 nitrogen and oxygen atoms in total. The van der Waals surface area contributed by atoms with E-state index >= 15 is 0 Å². The summed E-state index contributed by atoms with van der Waals surface area (Å²) < 4.78 is 2.69. The number of rotatable bonds is 8. The third-order valence-corrected chi connectivity index (χ3v) is 3.64. The van der Waals surface area contributed by atoms with Crippen LogP contribution in [0.4, 0.5) is 0 Å². The molecule has 0 radical (unpaired) electrons. The summed E-state index contributed by atoms with van der Waals surface area (Å²) in [5, 5.41) is 7.07. The summed E-state index contributed by atoms with van der Waals surface area (Å²) in [5.41, 5.74) is 0. The summed E-state index contributed by atoms with van der Waals surface area (Å²) >= 11 is 7.13. The van der Waals surface area contributed by atoms with Crippen LogP contribution in [0.1, 0.15) is 25.6 Å². The van der Waals surface area contributed by atoms with Crippen LogP contribution in [-0.4, -0.2) is 26.3 Å². The van der Waals surface area contributed by atoms with Gasteiger partial charge in [0, 0.05) is 18.7 Å². The van der Waals surface area contributed by atoms with Crippen molar-refractivity contribution in [1.29, 1.82) is 0 Å². The number of unbranched alkanes of at least 4 members (excludes halogenated alkanes) is 1. The maximum atomic E-state index is 5.15. The fourth-order valence-corrected chi connectivity index (χ4v) is 2.62. The summed E-state index contributed by atoms with van der Waals surface area (Å²) in [4.78, 5) is 0. The van der Waals surface area contributed by atoms with Crippen LogP contribution in [-0.2, 0) is 13.0 Å². The average molecular weight is 257 g/mol. The first-order valence-electron chi connectivity index (χ1n) is 5.62. The Hall–Kier alpha value is -0.550. The molecule has 1 rings (SSSR count). The molecule has 90 valence electrons. The molecule has 0 saturated carbocycles. The van der Waals surface area contributed by atoms with Crippen molar-refractivity contribution >= 4 is 24.0 Å². The molecule has 0 fully saturated rings. The fraction of sp³-hybridized carbons (Fsp3) is 0.636. The summed E-state index contributed by atoms with van der Waals surface area (Å²) in [6, 6.07) is 0. The van der Waals surface area contributed by atoms with Gasteiger partial charge in [-0.2, -0.15) is 16.9 Å². The largest absolute Gasteiger partial charge is 0.300 e. The van der Waals surface area contributed by atoms with E-state index in [1.807, 2.05) is 22.4 Å². The third kappa shape index (κ3) is 4.14. The Labute approximate surface area is 106 Å². The summed E-state index contributed by atoms with van der Waals surface area (Å²) in [6.45, 7) is 6.68. The zero-order valence-corrected chi connectivity index (χ0v) is 11.4. The van der Waals surface area contributed by atoms with E-state index in [-0.39, 0.29) is 0 Å². The normalized spacial score (nSPS) is 10.6. The van der Waals surface area contributed by atoms with Gasteiger partial charge in [0.25, 0.3) is 0 Å². The predicted molar refractivity (Wildman–Crippen MR) is 73.5 cm³/mol. The maximum absolute atomic E-state index is 5.15. The Balaban J connectivity index is 2.41. The molecule has 1 N–H and O–H groups in total. The van der Waals surface area contributed by atoms with E-state index in [1.165, 1.54) is 18.6 Å². The third-order valence-electron chi connectivity index (χ3n) is 2.26. The van der Waals surface area contributed by atoms with Gasteiger partial charge in [-0.1, -0.05) is 19.4 Å². The van der Waals surface area contributed by atoms with Crippen molar-refractivity contribution < 1.29 is 0 Å². The predicted octanol–water partition coefficient (Wildman–Crippen LogP) is 3.20. The SMILES string of the molecule is C=CCn1c(CCSCCCC)n[nH]c1=S. The van der Waals surface area contributed by atoms with Gasteiger partial charge >= 0.3 is 0 Å². The van der Waals surface area contributed by atoms with Crippen LogP contribution in [0.25, 0.3) is 0 Å². The minimum Gasteiger partial charge on any atom is -0.300 e. The second kappa shape index (κ2) is 7.68. The standard InChI is InChI=1S/C11H19N3S2/c1-3-5-8-16-9-6-10-12-13-11(15)14(10)7-4-2/h4H,2-3,5-9H2,1H3,(H,13,15). The van der Waals surface area contributed by atoms with E-state index < -0.39 is 0 Å². The Morgan fingerprint density at radius 1 is 1.56 bits per heavy atom. The first-order valence-corrected chi connectivity index (χ1v) is 7.18. The van der Waals surface area contributed by atoms with Crippen LogP contribution >= 0.6 is 24.0 Å². The number of aromatic nitrogens is 3. The smallest absolute Gasteiger partial charge is 0.195 e. The van der Waals surface area contributed by atoms with E-state index in [4.69, 9.17) is 12.2 Å². The van der Waals surface area contributed by atoms with Gasteiger partial charge in [0.15, 0.2) is 4.77 Å². The summed E-state index contributed by atoms with van der Waals surface area (Å²) in [5.74, 6) is 3.38. The van der Waals surface area contributed by atoms with Crippen molar-refractivity contribution in [3.8, 4) is 0 Å². The molecule has 1 aromatic rings. The zero-order chi connectivity index (χ0) is 11.8. The van der Waals surface area contributed by atoms with Gasteiger partial charge in [0.1, 0.15) is 5.82 Å². The van der Waals surface area contributed by atoms with E-state index in [0.29, 0.717) is 4.77 Å². The lowest BCUT2D eigenvalue weighted by Gasteiger charge is -2.03. The number of hydrogen-bond donors (Lipinski definition) is 1. The Bertz CT molecular complexity index is 368. The highest BCUT2D eigenvalue weighted by Gasteiger charge is 2.03. The first kappa shape index (κ1) is 13.5. The van der Waals surface area contributed by atoms with Crippen molar-refractivity contribution in [3.63, 3.8) is 0 Å². The molecular formula is C11H19N3S2. The van der Waals surface area contributed by atoms with Gasteiger partial charge in [-0.25, -0.2) is 0 Å². The first-order chi connectivity index (χ1) is 7.79. The molecule has 16 heavy (non-hydrogen) atoms. The molecule has 0 spiro atoms. The van der Waals surface area contributed by atoms with Crippen LogP contribution in [0.2, 0.25) is 0 Å². The van der Waals surface area contributed by atoms with E-state index in [2.05, 4.69) is 23.7 Å². The molecule has 0 bridgehead atoms. The molecule has 0 amide bonds. The Kier molecular flexibility index (Phi) is 6.49. The highest BCUT2D eigenvalue weighted by atomic mass is 32.2. The molecule has 0 atom stereocenters. The zero-order valence-electron chi connectivity index (χ0n) is 9.74. The number of hydrogen-bond acceptors (Lipinski definition) is 3. The van der Waals surface area contributed by atoms with E-state index in [9.17, 15) is 0 Å². The molecule has 1 aromatic heterocycles. The molecule has 0 aliphatic rings. The van der Waals surface area contributed by atoms with Crippen molar-refractivity contribution in [2.24, 2.45) is 0 Å².